The molecule has 0 aromatic rings. The fourth-order valence-corrected chi connectivity index (χ4v) is 8.67. The van der Waals surface area contributed by atoms with Crippen LogP contribution in [0.1, 0.15) is 105 Å². The zero-order valence-corrected chi connectivity index (χ0v) is 20.6. The van der Waals surface area contributed by atoms with Crippen molar-refractivity contribution < 1.29 is 22.2 Å². The summed E-state index contributed by atoms with van der Waals surface area (Å²) in [6, 6.07) is 0. The van der Waals surface area contributed by atoms with Crippen molar-refractivity contribution >= 4 is 0 Å². The smallest absolute Gasteiger partial charge is 0.0577 e. The summed E-state index contributed by atoms with van der Waals surface area (Å²) in [4.78, 5) is 0. The molecule has 0 spiro atoms. The standard InChI is InChI=1S/C27H46O.Cu/c1-18(2)7-6-8-19(3)23-11-12-24-22-10-9-20-17-21(28)13-15-26(20,4)25(22)14-16-27(23,24)5;/h9,18-19,21-25,28H,6-8,10-17H2,1-5H3;/t19-,21?,22-,23-,24?,25-,26+,27-;/m1./s1. The van der Waals surface area contributed by atoms with Crippen LogP contribution >= 0.6 is 0 Å². The van der Waals surface area contributed by atoms with Crippen molar-refractivity contribution in [3.05, 3.63) is 11.6 Å². The Bertz CT molecular complexity index is 597. The molecule has 2 unspecified atom stereocenters. The van der Waals surface area contributed by atoms with Gasteiger partial charge in [0.15, 0.2) is 0 Å². The zero-order chi connectivity index (χ0) is 20.1. The van der Waals surface area contributed by atoms with Crippen LogP contribution in [0, 0.1) is 46.3 Å². The third-order valence-corrected chi connectivity index (χ3v) is 10.3. The molecule has 29 heavy (non-hydrogen) atoms. The van der Waals surface area contributed by atoms with Gasteiger partial charge in [0.2, 0.25) is 0 Å². The Morgan fingerprint density at radius 2 is 1.76 bits per heavy atom. The van der Waals surface area contributed by atoms with Gasteiger partial charge in [0.05, 0.1) is 6.10 Å². The Morgan fingerprint density at radius 3 is 2.48 bits per heavy atom. The number of rotatable bonds is 5. The van der Waals surface area contributed by atoms with Gasteiger partial charge in [0.1, 0.15) is 0 Å². The summed E-state index contributed by atoms with van der Waals surface area (Å²) in [5.74, 6) is 5.46. The second-order valence-electron chi connectivity index (χ2n) is 12.2. The molecule has 4 aliphatic rings. The number of fused-ring (bicyclic) bond motifs is 5. The molecule has 0 bridgehead atoms. The number of hydrogen-bond acceptors (Lipinski definition) is 1. The van der Waals surface area contributed by atoms with Gasteiger partial charge in [-0.15, -0.1) is 0 Å². The summed E-state index contributed by atoms with van der Waals surface area (Å²) in [7, 11) is 0. The van der Waals surface area contributed by atoms with Crippen molar-refractivity contribution in [1.82, 2.24) is 0 Å². The fraction of sp³-hybridized carbons (Fsp3) is 0.926. The summed E-state index contributed by atoms with van der Waals surface area (Å²) >= 11 is 0. The van der Waals surface area contributed by atoms with Crippen LogP contribution in [0.2, 0.25) is 0 Å². The van der Waals surface area contributed by atoms with Gasteiger partial charge in [-0.1, -0.05) is 65.5 Å². The van der Waals surface area contributed by atoms with Gasteiger partial charge in [-0.3, -0.25) is 0 Å². The van der Waals surface area contributed by atoms with Crippen LogP contribution in [-0.4, -0.2) is 11.2 Å². The molecule has 1 nitrogen and oxygen atoms in total. The summed E-state index contributed by atoms with van der Waals surface area (Å²) in [5.41, 5.74) is 2.60. The van der Waals surface area contributed by atoms with Crippen LogP contribution in [0.3, 0.4) is 0 Å². The van der Waals surface area contributed by atoms with Crippen molar-refractivity contribution in [2.45, 2.75) is 111 Å². The molecule has 3 saturated carbocycles. The third kappa shape index (κ3) is 4.17. The maximum Gasteiger partial charge on any atom is 0.0577 e. The number of hydrogen-bond donors (Lipinski definition) is 1. The Morgan fingerprint density at radius 1 is 1.00 bits per heavy atom. The Balaban J connectivity index is 0.00000240. The summed E-state index contributed by atoms with van der Waals surface area (Å²) in [6.45, 7) is 12.6. The predicted molar refractivity (Wildman–Crippen MR) is 119 cm³/mol. The van der Waals surface area contributed by atoms with E-state index in [-0.39, 0.29) is 23.2 Å². The molecule has 0 saturated heterocycles. The van der Waals surface area contributed by atoms with Gasteiger partial charge in [0.25, 0.3) is 0 Å². The van der Waals surface area contributed by atoms with E-state index in [9.17, 15) is 5.11 Å². The maximum absolute atomic E-state index is 10.2. The van der Waals surface area contributed by atoms with Gasteiger partial charge in [0, 0.05) is 17.1 Å². The summed E-state index contributed by atoms with van der Waals surface area (Å²) in [5, 5.41) is 10.2. The first kappa shape index (κ1) is 23.9. The van der Waals surface area contributed by atoms with Crippen LogP contribution in [0.25, 0.3) is 0 Å². The molecule has 1 N–H and O–H groups in total. The molecule has 4 rings (SSSR count). The maximum atomic E-state index is 10.2. The molecular formula is C27H46CuO. The SMILES string of the molecule is CC(C)CCC[C@@H](C)[C@H]1CCC2[C@H]3CC=C4CC(O)CC[C@]4(C)[C@@H]3CC[C@@]21C.[Cu]. The monoisotopic (exact) mass is 449 g/mol. The van der Waals surface area contributed by atoms with Gasteiger partial charge >= 0.3 is 0 Å². The van der Waals surface area contributed by atoms with Crippen molar-refractivity contribution in [2.75, 3.05) is 0 Å². The molecule has 1 radical (unpaired) electrons. The first-order valence-corrected chi connectivity index (χ1v) is 12.6. The molecule has 171 valence electrons. The van der Waals surface area contributed by atoms with E-state index in [1.807, 2.05) is 0 Å². The minimum atomic E-state index is -0.0766. The van der Waals surface area contributed by atoms with Crippen LogP contribution < -0.4 is 0 Å². The van der Waals surface area contributed by atoms with E-state index < -0.39 is 0 Å². The van der Waals surface area contributed by atoms with E-state index in [0.29, 0.717) is 10.8 Å². The van der Waals surface area contributed by atoms with E-state index >= 15 is 0 Å². The van der Waals surface area contributed by atoms with Crippen molar-refractivity contribution in [2.24, 2.45) is 46.3 Å². The van der Waals surface area contributed by atoms with E-state index in [1.54, 1.807) is 5.57 Å². The normalized spacial score (nSPS) is 44.9. The topological polar surface area (TPSA) is 20.2 Å². The van der Waals surface area contributed by atoms with Gasteiger partial charge in [-0.25, -0.2) is 0 Å². The largest absolute Gasteiger partial charge is 0.393 e. The second kappa shape index (κ2) is 8.99. The second-order valence-corrected chi connectivity index (χ2v) is 12.2. The Labute approximate surface area is 191 Å². The van der Waals surface area contributed by atoms with E-state index in [0.717, 1.165) is 48.3 Å². The van der Waals surface area contributed by atoms with Crippen molar-refractivity contribution in [3.8, 4) is 0 Å². The number of allylic oxidation sites excluding steroid dienone is 1. The van der Waals surface area contributed by atoms with Crippen LogP contribution in [0.15, 0.2) is 11.6 Å². The van der Waals surface area contributed by atoms with Crippen molar-refractivity contribution in [3.63, 3.8) is 0 Å². The molecule has 3 fully saturated rings. The predicted octanol–water partition coefficient (Wildman–Crippen LogP) is 7.39. The van der Waals surface area contributed by atoms with Gasteiger partial charge < -0.3 is 5.11 Å². The van der Waals surface area contributed by atoms with Crippen LogP contribution in [0.5, 0.6) is 0 Å². The van der Waals surface area contributed by atoms with Crippen molar-refractivity contribution in [1.29, 1.82) is 0 Å². The van der Waals surface area contributed by atoms with Gasteiger partial charge in [-0.05, 0) is 97.7 Å². The third-order valence-electron chi connectivity index (χ3n) is 10.3. The first-order valence-electron chi connectivity index (χ1n) is 12.6. The van der Waals surface area contributed by atoms with E-state index in [4.69, 9.17) is 0 Å². The molecule has 0 aliphatic heterocycles. The minimum Gasteiger partial charge on any atom is -0.393 e. The molecule has 4 aliphatic carbocycles. The number of aliphatic hydroxyl groups is 1. The molecule has 0 aromatic carbocycles. The number of aliphatic hydroxyl groups excluding tert-OH is 1. The van der Waals surface area contributed by atoms with Gasteiger partial charge in [-0.2, -0.15) is 0 Å². The molecular weight excluding hydrogens is 404 g/mol. The average Bonchev–Trinajstić information content (AvgIpc) is 2.99. The Hall–Kier alpha value is 0.219. The van der Waals surface area contributed by atoms with E-state index in [2.05, 4.69) is 40.7 Å². The quantitative estimate of drug-likeness (QED) is 0.342. The molecule has 0 aromatic heterocycles. The molecule has 0 heterocycles. The molecule has 2 heteroatoms. The zero-order valence-electron chi connectivity index (χ0n) is 19.6. The summed E-state index contributed by atoms with van der Waals surface area (Å²) < 4.78 is 0. The fourth-order valence-electron chi connectivity index (χ4n) is 8.67. The van der Waals surface area contributed by atoms with Crippen LogP contribution in [0.4, 0.5) is 0 Å². The minimum absolute atomic E-state index is 0. The van der Waals surface area contributed by atoms with E-state index in [1.165, 1.54) is 57.8 Å². The first-order chi connectivity index (χ1) is 13.3. The van der Waals surface area contributed by atoms with Crippen LogP contribution in [-0.2, 0) is 17.1 Å². The molecule has 8 atom stereocenters. The average molecular weight is 450 g/mol. The Kier molecular flexibility index (Phi) is 7.40. The summed E-state index contributed by atoms with van der Waals surface area (Å²) in [6.07, 6.45) is 17.2. The molecule has 0 amide bonds.